The van der Waals surface area contributed by atoms with Crippen LogP contribution in [0.4, 0.5) is 5.69 Å². The second-order valence-corrected chi connectivity index (χ2v) is 7.70. The quantitative estimate of drug-likeness (QED) is 0.773. The van der Waals surface area contributed by atoms with Gasteiger partial charge in [-0.25, -0.2) is 4.99 Å². The van der Waals surface area contributed by atoms with Crippen molar-refractivity contribution in [2.75, 3.05) is 12.4 Å². The number of nitrogens with zero attached hydrogens (tertiary/aromatic N) is 3. The Balaban J connectivity index is 1.82. The van der Waals surface area contributed by atoms with Gasteiger partial charge in [0.1, 0.15) is 11.3 Å². The Kier molecular flexibility index (Phi) is 3.97. The number of ketones is 1. The molecule has 1 spiro atoms. The van der Waals surface area contributed by atoms with Crippen molar-refractivity contribution in [3.05, 3.63) is 51.2 Å². The van der Waals surface area contributed by atoms with Crippen molar-refractivity contribution in [3.63, 3.8) is 0 Å². The van der Waals surface area contributed by atoms with Crippen molar-refractivity contribution >= 4 is 46.5 Å². The van der Waals surface area contributed by atoms with Crippen molar-refractivity contribution in [3.8, 4) is 0 Å². The molecule has 2 aliphatic heterocycles. The molecule has 0 radical (unpaired) electrons. The van der Waals surface area contributed by atoms with Gasteiger partial charge in [-0.3, -0.25) is 4.79 Å². The molecule has 0 fully saturated rings. The first kappa shape index (κ1) is 17.3. The van der Waals surface area contributed by atoms with Crippen LogP contribution in [0.25, 0.3) is 0 Å². The molecule has 1 aromatic carbocycles. The summed E-state index contributed by atoms with van der Waals surface area (Å²) in [5.74, 6) is 1.38. The predicted octanol–water partition coefficient (Wildman–Crippen LogP) is 4.44. The first-order chi connectivity index (χ1) is 12.3. The van der Waals surface area contributed by atoms with Crippen LogP contribution in [0.5, 0.6) is 0 Å². The predicted molar refractivity (Wildman–Crippen MR) is 106 cm³/mol. The van der Waals surface area contributed by atoms with Crippen molar-refractivity contribution in [1.29, 1.82) is 0 Å². The summed E-state index contributed by atoms with van der Waals surface area (Å²) >= 11 is 12.6. The van der Waals surface area contributed by atoms with E-state index in [1.54, 1.807) is 18.2 Å². The fourth-order valence-electron chi connectivity index (χ4n) is 4.11. The van der Waals surface area contributed by atoms with Crippen molar-refractivity contribution < 1.29 is 4.79 Å². The summed E-state index contributed by atoms with van der Waals surface area (Å²) in [7, 11) is 1.92. The molecule has 0 bridgehead atoms. The van der Waals surface area contributed by atoms with Crippen molar-refractivity contribution in [2.24, 2.45) is 9.98 Å². The maximum Gasteiger partial charge on any atom is 0.205 e. The molecule has 0 amide bonds. The summed E-state index contributed by atoms with van der Waals surface area (Å²) < 4.78 is 0. The lowest BCUT2D eigenvalue weighted by Crippen LogP contribution is -2.56. The lowest BCUT2D eigenvalue weighted by molar-refractivity contribution is -0.120. The molecule has 1 atom stereocenters. The summed E-state index contributed by atoms with van der Waals surface area (Å²) in [4.78, 5) is 23.6. The molecule has 26 heavy (non-hydrogen) atoms. The minimum Gasteiger partial charge on any atom is -0.328 e. The summed E-state index contributed by atoms with van der Waals surface area (Å²) in [5, 5.41) is 4.24. The number of likely N-dealkylation sites (N-methyl/N-ethyl adjacent to an activating group) is 1. The van der Waals surface area contributed by atoms with Crippen LogP contribution in [0, 0.1) is 0 Å². The summed E-state index contributed by atoms with van der Waals surface area (Å²) in [6.07, 6.45) is 2.65. The molecule has 1 aromatic rings. The summed E-state index contributed by atoms with van der Waals surface area (Å²) in [6, 6.07) is 5.31. The van der Waals surface area contributed by atoms with Crippen LogP contribution < -0.4 is 5.32 Å². The van der Waals surface area contributed by atoms with Crippen LogP contribution in [0.15, 0.2) is 51.1 Å². The van der Waals surface area contributed by atoms with Crippen LogP contribution >= 0.6 is 23.2 Å². The zero-order chi connectivity index (χ0) is 18.6. The van der Waals surface area contributed by atoms with Gasteiger partial charge in [-0.2, -0.15) is 4.99 Å². The first-order valence-electron chi connectivity index (χ1n) is 8.35. The molecule has 134 valence electrons. The van der Waals surface area contributed by atoms with E-state index in [-0.39, 0.29) is 5.78 Å². The number of amidine groups is 1. The first-order valence-corrected chi connectivity index (χ1v) is 9.11. The zero-order valence-electron chi connectivity index (χ0n) is 14.7. The van der Waals surface area contributed by atoms with E-state index in [1.165, 1.54) is 0 Å². The Morgan fingerprint density at radius 2 is 1.92 bits per heavy atom. The van der Waals surface area contributed by atoms with E-state index in [0.717, 1.165) is 16.7 Å². The molecule has 4 rings (SSSR count). The number of guanidine groups is 1. The SMILES string of the molecule is CC1=CN=C2N=C(Nc3c(Cl)cccc3Cl)N(C)C23CC(=O)CC(C)=C13. The van der Waals surface area contributed by atoms with Gasteiger partial charge in [0.25, 0.3) is 0 Å². The van der Waals surface area contributed by atoms with Gasteiger partial charge in [0.2, 0.25) is 5.96 Å². The summed E-state index contributed by atoms with van der Waals surface area (Å²) in [6.45, 7) is 4.04. The fraction of sp³-hybridized carbons (Fsp3) is 0.316. The lowest BCUT2D eigenvalue weighted by atomic mass is 9.71. The van der Waals surface area contributed by atoms with Crippen LogP contribution in [0.3, 0.4) is 0 Å². The molecule has 0 saturated heterocycles. The maximum absolute atomic E-state index is 12.4. The fourth-order valence-corrected chi connectivity index (χ4v) is 4.60. The second kappa shape index (κ2) is 5.96. The highest BCUT2D eigenvalue weighted by Crippen LogP contribution is 2.46. The Morgan fingerprint density at radius 1 is 1.23 bits per heavy atom. The number of hydrogen-bond donors (Lipinski definition) is 1. The number of benzene rings is 1. The average Bonchev–Trinajstić information content (AvgIpc) is 2.82. The van der Waals surface area contributed by atoms with Crippen LogP contribution in [0.1, 0.15) is 26.7 Å². The van der Waals surface area contributed by atoms with E-state index in [2.05, 4.69) is 15.3 Å². The third-order valence-corrected chi connectivity index (χ3v) is 5.83. The number of nitrogens with one attached hydrogen (secondary N) is 1. The minimum atomic E-state index is -0.658. The monoisotopic (exact) mass is 388 g/mol. The standard InChI is InChI=1S/C19H18Cl2N4O/c1-10-7-12(26)8-19-15(10)11(2)9-22-17(19)24-18(25(19)3)23-16-13(20)5-4-6-14(16)21/h4-6,9H,7-8H2,1-3H3,(H,22,23,24). The molecule has 1 aliphatic carbocycles. The van der Waals surface area contributed by atoms with Crippen molar-refractivity contribution in [1.82, 2.24) is 4.90 Å². The van der Waals surface area contributed by atoms with Gasteiger partial charge >= 0.3 is 0 Å². The number of aliphatic imine (C=N–C) groups is 2. The Morgan fingerprint density at radius 3 is 2.62 bits per heavy atom. The highest BCUT2D eigenvalue weighted by molar-refractivity contribution is 6.40. The number of carbonyl (C=O) groups excluding carboxylic acids is 1. The number of halogens is 2. The van der Waals surface area contributed by atoms with Gasteiger partial charge in [0, 0.05) is 26.1 Å². The van der Waals surface area contributed by atoms with E-state index >= 15 is 0 Å². The number of rotatable bonds is 1. The number of carbonyl (C=O) groups is 1. The van der Waals surface area contributed by atoms with E-state index < -0.39 is 5.54 Å². The topological polar surface area (TPSA) is 57.1 Å². The maximum atomic E-state index is 12.4. The second-order valence-electron chi connectivity index (χ2n) is 6.89. The molecule has 7 heteroatoms. The molecule has 2 heterocycles. The molecule has 0 aromatic heterocycles. The van der Waals surface area contributed by atoms with Crippen LogP contribution in [-0.2, 0) is 4.79 Å². The molecular formula is C19H18Cl2N4O. The Labute approximate surface area is 162 Å². The third-order valence-electron chi connectivity index (χ3n) is 5.20. The number of hydrogen-bond acceptors (Lipinski definition) is 5. The highest BCUT2D eigenvalue weighted by Gasteiger charge is 2.54. The smallest absolute Gasteiger partial charge is 0.205 e. The minimum absolute atomic E-state index is 0.188. The highest BCUT2D eigenvalue weighted by atomic mass is 35.5. The number of allylic oxidation sites excluding steroid dienone is 1. The zero-order valence-corrected chi connectivity index (χ0v) is 16.2. The van der Waals surface area contributed by atoms with Gasteiger partial charge < -0.3 is 10.2 Å². The van der Waals surface area contributed by atoms with E-state index in [0.29, 0.717) is 40.4 Å². The number of Topliss-reactive ketones (excluding diaryl/α,β-unsaturated/α-hetero) is 1. The Hall–Kier alpha value is -2.11. The Bertz CT molecular complexity index is 940. The van der Waals surface area contributed by atoms with Gasteiger partial charge in [-0.1, -0.05) is 34.8 Å². The van der Waals surface area contributed by atoms with E-state index in [1.807, 2.05) is 32.0 Å². The van der Waals surface area contributed by atoms with E-state index in [9.17, 15) is 4.79 Å². The molecule has 1 N–H and O–H groups in total. The molecule has 0 saturated carbocycles. The largest absolute Gasteiger partial charge is 0.328 e. The van der Waals surface area contributed by atoms with Crippen LogP contribution in [-0.4, -0.2) is 35.1 Å². The molecule has 1 unspecified atom stereocenters. The van der Waals surface area contributed by atoms with Gasteiger partial charge in [-0.05, 0) is 37.1 Å². The lowest BCUT2D eigenvalue weighted by Gasteiger charge is -2.44. The van der Waals surface area contributed by atoms with Gasteiger partial charge in [0.05, 0.1) is 15.7 Å². The average molecular weight is 389 g/mol. The normalized spacial score (nSPS) is 24.7. The van der Waals surface area contributed by atoms with Gasteiger partial charge in [-0.15, -0.1) is 0 Å². The molecular weight excluding hydrogens is 371 g/mol. The van der Waals surface area contributed by atoms with Crippen molar-refractivity contribution in [2.45, 2.75) is 32.2 Å². The molecule has 3 aliphatic rings. The number of para-hydroxylation sites is 1. The number of anilines is 1. The van der Waals surface area contributed by atoms with Gasteiger partial charge in [0.15, 0.2) is 5.84 Å². The molecule has 5 nitrogen and oxygen atoms in total. The van der Waals surface area contributed by atoms with E-state index in [4.69, 9.17) is 23.2 Å². The van der Waals surface area contributed by atoms with Crippen LogP contribution in [0.2, 0.25) is 10.0 Å². The summed E-state index contributed by atoms with van der Waals surface area (Å²) in [5.41, 5.74) is 3.20. The third kappa shape index (κ3) is 2.34.